The van der Waals surface area contributed by atoms with E-state index in [9.17, 15) is 19.0 Å². The number of ether oxygens (including phenoxy) is 1. The van der Waals surface area contributed by atoms with Crippen LogP contribution in [0.25, 0.3) is 0 Å². The van der Waals surface area contributed by atoms with Crippen LogP contribution in [0.1, 0.15) is 33.4 Å². The van der Waals surface area contributed by atoms with Crippen molar-refractivity contribution in [1.82, 2.24) is 9.55 Å². The molecule has 1 rings (SSSR count). The van der Waals surface area contributed by atoms with Crippen LogP contribution in [0.4, 0.5) is 0 Å². The minimum absolute atomic E-state index is 0.0502. The first-order chi connectivity index (χ1) is 10.3. The fourth-order valence-electron chi connectivity index (χ4n) is 1.69. The molecule has 0 amide bonds. The molecule has 0 bridgehead atoms. The second kappa shape index (κ2) is 8.40. The van der Waals surface area contributed by atoms with Crippen molar-refractivity contribution in [2.45, 2.75) is 39.5 Å². The highest BCUT2D eigenvalue weighted by atomic mass is 31.2. The molecular weight excluding hydrogens is 315 g/mol. The molecule has 3 atom stereocenters. The maximum Gasteiger partial charge on any atom is 0.472 e. The average Bonchev–Trinajstić information content (AvgIpc) is 2.43. The second-order valence-electron chi connectivity index (χ2n) is 4.47. The lowest BCUT2D eigenvalue weighted by atomic mass is 10.3. The van der Waals surface area contributed by atoms with Crippen molar-refractivity contribution < 1.29 is 23.2 Å². The number of aromatic amines is 1. The maximum absolute atomic E-state index is 11.6. The summed E-state index contributed by atoms with van der Waals surface area (Å²) in [6.07, 6.45) is 0.614. The lowest BCUT2D eigenvalue weighted by Crippen LogP contribution is -2.33. The number of phosphoric ester groups is 1. The van der Waals surface area contributed by atoms with E-state index in [1.54, 1.807) is 20.8 Å². The van der Waals surface area contributed by atoms with Crippen LogP contribution < -0.4 is 11.2 Å². The van der Waals surface area contributed by atoms with Gasteiger partial charge in [0.2, 0.25) is 0 Å². The number of aromatic nitrogens is 2. The molecule has 0 radical (unpaired) electrons. The van der Waals surface area contributed by atoms with Crippen molar-refractivity contribution in [3.05, 3.63) is 33.1 Å². The second-order valence-corrected chi connectivity index (χ2v) is 5.92. The van der Waals surface area contributed by atoms with Gasteiger partial charge in [-0.2, -0.15) is 0 Å². The summed E-state index contributed by atoms with van der Waals surface area (Å²) < 4.78 is 27.7. The van der Waals surface area contributed by atoms with Gasteiger partial charge in [0.15, 0.2) is 0 Å². The van der Waals surface area contributed by atoms with Gasteiger partial charge in [-0.25, -0.2) is 9.36 Å². The van der Waals surface area contributed by atoms with E-state index in [-0.39, 0.29) is 13.2 Å². The molecule has 0 spiro atoms. The monoisotopic (exact) mass is 336 g/mol. The summed E-state index contributed by atoms with van der Waals surface area (Å²) in [7, 11) is -4.09. The Labute approximate surface area is 127 Å². The third kappa shape index (κ3) is 5.86. The smallest absolute Gasteiger partial charge is 0.353 e. The minimum Gasteiger partial charge on any atom is -0.353 e. The van der Waals surface area contributed by atoms with Gasteiger partial charge in [0, 0.05) is 12.3 Å². The van der Waals surface area contributed by atoms with Gasteiger partial charge in [0.1, 0.15) is 6.23 Å². The van der Waals surface area contributed by atoms with Gasteiger partial charge in [0.25, 0.3) is 5.56 Å². The predicted molar refractivity (Wildman–Crippen MR) is 78.6 cm³/mol. The third-order valence-electron chi connectivity index (χ3n) is 2.80. The number of nitrogens with one attached hydrogen (secondary N) is 1. The van der Waals surface area contributed by atoms with Crippen LogP contribution in [0.5, 0.6) is 0 Å². The topological polar surface area (TPSA) is 120 Å². The van der Waals surface area contributed by atoms with Crippen LogP contribution in [0.3, 0.4) is 0 Å². The summed E-state index contributed by atoms with van der Waals surface area (Å²) in [6.45, 7) is 4.88. The number of nitrogens with zero attached hydrogens (tertiary/aromatic N) is 1. The molecule has 0 fully saturated rings. The van der Waals surface area contributed by atoms with E-state index >= 15 is 0 Å². The van der Waals surface area contributed by atoms with E-state index in [0.29, 0.717) is 6.42 Å². The Morgan fingerprint density at radius 2 is 2.05 bits per heavy atom. The molecule has 3 unspecified atom stereocenters. The molecule has 1 aromatic heterocycles. The van der Waals surface area contributed by atoms with Crippen LogP contribution in [-0.2, 0) is 18.3 Å². The number of phosphoric acid groups is 1. The third-order valence-corrected chi connectivity index (χ3v) is 3.86. The molecule has 0 saturated heterocycles. The van der Waals surface area contributed by atoms with Gasteiger partial charge in [-0.15, -0.1) is 0 Å². The van der Waals surface area contributed by atoms with Gasteiger partial charge in [0.05, 0.1) is 19.3 Å². The quantitative estimate of drug-likeness (QED) is 0.646. The highest BCUT2D eigenvalue weighted by Gasteiger charge is 2.23. The molecule has 10 heteroatoms. The van der Waals surface area contributed by atoms with Crippen LogP contribution in [0, 0.1) is 0 Å². The first kappa shape index (κ1) is 18.8. The molecule has 0 aliphatic rings. The first-order valence-corrected chi connectivity index (χ1v) is 8.37. The van der Waals surface area contributed by atoms with Crippen LogP contribution in [-0.4, -0.2) is 33.8 Å². The molecule has 0 saturated carbocycles. The van der Waals surface area contributed by atoms with E-state index in [4.69, 9.17) is 9.26 Å². The minimum atomic E-state index is -4.09. The highest BCUT2D eigenvalue weighted by Crippen LogP contribution is 2.43. The molecule has 0 aromatic carbocycles. The van der Waals surface area contributed by atoms with Crippen LogP contribution in [0.15, 0.2) is 21.9 Å². The first-order valence-electron chi connectivity index (χ1n) is 6.87. The van der Waals surface area contributed by atoms with E-state index < -0.39 is 31.4 Å². The molecule has 9 nitrogen and oxygen atoms in total. The van der Waals surface area contributed by atoms with Gasteiger partial charge in [-0.1, -0.05) is 6.92 Å². The summed E-state index contributed by atoms with van der Waals surface area (Å²) in [5.74, 6) is 0. The van der Waals surface area contributed by atoms with Crippen molar-refractivity contribution in [2.24, 2.45) is 0 Å². The molecule has 22 heavy (non-hydrogen) atoms. The van der Waals surface area contributed by atoms with E-state index in [0.717, 1.165) is 0 Å². The Morgan fingerprint density at radius 3 is 2.59 bits per heavy atom. The van der Waals surface area contributed by atoms with Crippen molar-refractivity contribution in [2.75, 3.05) is 13.2 Å². The SMILES string of the molecule is CCOP(=O)(O)OCC(CC)OC(C)n1ccc(=O)[nH]c1=O. The molecule has 2 N–H and O–H groups in total. The number of hydrogen-bond donors (Lipinski definition) is 2. The average molecular weight is 336 g/mol. The normalized spacial score (nSPS) is 16.9. The van der Waals surface area contributed by atoms with Crippen molar-refractivity contribution >= 4 is 7.82 Å². The Hall–Kier alpha value is -1.25. The van der Waals surface area contributed by atoms with E-state index in [1.165, 1.54) is 16.8 Å². The van der Waals surface area contributed by atoms with Gasteiger partial charge in [-0.3, -0.25) is 23.4 Å². The van der Waals surface area contributed by atoms with Crippen molar-refractivity contribution in [3.63, 3.8) is 0 Å². The summed E-state index contributed by atoms with van der Waals surface area (Å²) >= 11 is 0. The van der Waals surface area contributed by atoms with Gasteiger partial charge in [-0.05, 0) is 20.3 Å². The molecule has 1 heterocycles. The van der Waals surface area contributed by atoms with Gasteiger partial charge < -0.3 is 9.63 Å². The largest absolute Gasteiger partial charge is 0.472 e. The number of H-pyrrole nitrogens is 1. The van der Waals surface area contributed by atoms with Crippen LogP contribution in [0.2, 0.25) is 0 Å². The maximum atomic E-state index is 11.6. The summed E-state index contributed by atoms with van der Waals surface area (Å²) in [5.41, 5.74) is -1.10. The fourth-order valence-corrected chi connectivity index (χ4v) is 2.44. The lowest BCUT2D eigenvalue weighted by molar-refractivity contribution is -0.0681. The number of rotatable bonds is 9. The van der Waals surface area contributed by atoms with E-state index in [1.807, 2.05) is 0 Å². The molecule has 1 aromatic rings. The Bertz CT molecular complexity index is 626. The van der Waals surface area contributed by atoms with Crippen molar-refractivity contribution in [1.29, 1.82) is 0 Å². The van der Waals surface area contributed by atoms with Crippen molar-refractivity contribution in [3.8, 4) is 0 Å². The number of hydrogen-bond acceptors (Lipinski definition) is 6. The fraction of sp³-hybridized carbons (Fsp3) is 0.667. The zero-order chi connectivity index (χ0) is 16.8. The van der Waals surface area contributed by atoms with Gasteiger partial charge >= 0.3 is 13.5 Å². The zero-order valence-electron chi connectivity index (χ0n) is 12.7. The summed E-state index contributed by atoms with van der Waals surface area (Å²) in [4.78, 5) is 34.1. The van der Waals surface area contributed by atoms with Crippen LogP contribution >= 0.6 is 7.82 Å². The molecule has 0 aliphatic heterocycles. The summed E-state index contributed by atoms with van der Waals surface area (Å²) in [6, 6.07) is 1.20. The Kier molecular flexibility index (Phi) is 7.18. The molecule has 0 aliphatic carbocycles. The van der Waals surface area contributed by atoms with E-state index in [2.05, 4.69) is 9.51 Å². The molecular formula is C12H21N2O7P. The lowest BCUT2D eigenvalue weighted by Gasteiger charge is -2.23. The highest BCUT2D eigenvalue weighted by molar-refractivity contribution is 7.47. The Balaban J connectivity index is 2.67. The summed E-state index contributed by atoms with van der Waals surface area (Å²) in [5, 5.41) is 0. The Morgan fingerprint density at radius 1 is 1.36 bits per heavy atom. The zero-order valence-corrected chi connectivity index (χ0v) is 13.6. The molecule has 126 valence electrons. The predicted octanol–water partition coefficient (Wildman–Crippen LogP) is 1.00. The standard InChI is InChI=1S/C12H21N2O7P/c1-4-10(8-20-22(17,18)19-5-2)21-9(3)14-7-6-11(15)13-12(14)16/h6-7,9-10H,4-5,8H2,1-3H3,(H,17,18)(H,13,15,16).